The van der Waals surface area contributed by atoms with Crippen molar-refractivity contribution >= 4 is 40.1 Å². The zero-order chi connectivity index (χ0) is 28.8. The molecule has 41 heavy (non-hydrogen) atoms. The van der Waals surface area contributed by atoms with E-state index in [1.165, 1.54) is 43.0 Å². The Morgan fingerprint density at radius 2 is 1.90 bits per heavy atom. The molecule has 4 aromatic rings. The van der Waals surface area contributed by atoms with Crippen LogP contribution >= 0.6 is 23.5 Å². The summed E-state index contributed by atoms with van der Waals surface area (Å²) in [5, 5.41) is 0.693. The maximum absolute atomic E-state index is 15.0. The summed E-state index contributed by atoms with van der Waals surface area (Å²) in [5.41, 5.74) is 1.16. The van der Waals surface area contributed by atoms with Gasteiger partial charge in [0.2, 0.25) is 0 Å². The lowest BCUT2D eigenvalue weighted by Gasteiger charge is -2.30. The number of anilines is 1. The lowest BCUT2D eigenvalue weighted by molar-refractivity contribution is 0.169. The summed E-state index contributed by atoms with van der Waals surface area (Å²) in [7, 11) is 1.59. The van der Waals surface area contributed by atoms with Gasteiger partial charge in [0.1, 0.15) is 11.6 Å². The van der Waals surface area contributed by atoms with Crippen LogP contribution in [-0.2, 0) is 0 Å². The van der Waals surface area contributed by atoms with E-state index in [2.05, 4.69) is 21.5 Å². The van der Waals surface area contributed by atoms with Crippen molar-refractivity contribution in [3.8, 4) is 23.0 Å². The summed E-state index contributed by atoms with van der Waals surface area (Å²) < 4.78 is 49.1. The van der Waals surface area contributed by atoms with E-state index in [1.807, 2.05) is 6.07 Å². The molecule has 5 rings (SSSR count). The molecule has 0 saturated carbocycles. The number of benzene rings is 3. The highest BCUT2D eigenvalue weighted by atomic mass is 35.5. The molecule has 0 bridgehead atoms. The number of nitrogens with zero attached hydrogens (tertiary/aromatic N) is 2. The molecular weight excluding hydrogens is 568 g/mol. The number of nitrogens with one attached hydrogen (secondary N) is 1. The van der Waals surface area contributed by atoms with Crippen molar-refractivity contribution in [2.75, 3.05) is 38.1 Å². The molecule has 216 valence electrons. The van der Waals surface area contributed by atoms with Crippen molar-refractivity contribution in [1.82, 2.24) is 9.88 Å². The highest BCUT2D eigenvalue weighted by Gasteiger charge is 2.17. The first-order valence-corrected chi connectivity index (χ1v) is 14.8. The Labute approximate surface area is 248 Å². The molecule has 0 spiro atoms. The van der Waals surface area contributed by atoms with Crippen LogP contribution in [0.15, 0.2) is 65.7 Å². The van der Waals surface area contributed by atoms with Gasteiger partial charge in [-0.3, -0.25) is 4.98 Å². The van der Waals surface area contributed by atoms with Gasteiger partial charge in [0.05, 0.1) is 24.3 Å². The monoisotopic (exact) mass is 599 g/mol. The Balaban J connectivity index is 1.24. The van der Waals surface area contributed by atoms with Gasteiger partial charge in [-0.2, -0.15) is 0 Å². The largest absolute Gasteiger partial charge is 0.493 e. The Morgan fingerprint density at radius 3 is 2.68 bits per heavy atom. The Morgan fingerprint density at radius 1 is 1.02 bits per heavy atom. The van der Waals surface area contributed by atoms with Crippen LogP contribution in [0.4, 0.5) is 14.5 Å². The SMILES string of the molecule is COc1cc2c(Oc3ccc(NSc4ccc(F)c(Cl)c4)cc3F)ccnc2cc1OCCCN1CCCC(C)C1. The number of pyridine rings is 1. The van der Waals surface area contributed by atoms with Crippen molar-refractivity contribution in [3.05, 3.63) is 77.5 Å². The summed E-state index contributed by atoms with van der Waals surface area (Å²) in [6, 6.07) is 14.2. The fraction of sp³-hybridized carbons (Fsp3) is 0.323. The minimum Gasteiger partial charge on any atom is -0.493 e. The summed E-state index contributed by atoms with van der Waals surface area (Å²) in [4.78, 5) is 7.66. The zero-order valence-corrected chi connectivity index (χ0v) is 24.5. The molecule has 0 aliphatic carbocycles. The third-order valence-corrected chi connectivity index (χ3v) is 8.05. The van der Waals surface area contributed by atoms with Gasteiger partial charge >= 0.3 is 0 Å². The lowest BCUT2D eigenvalue weighted by atomic mass is 10.0. The topological polar surface area (TPSA) is 55.9 Å². The Hall–Kier alpha value is -3.27. The molecule has 1 atom stereocenters. The predicted octanol–water partition coefficient (Wildman–Crippen LogP) is 8.59. The number of ether oxygens (including phenoxy) is 3. The number of hydrogen-bond acceptors (Lipinski definition) is 7. The summed E-state index contributed by atoms with van der Waals surface area (Å²) in [6.07, 6.45) is 5.10. The zero-order valence-electron chi connectivity index (χ0n) is 23.0. The molecular formula is C31H32ClF2N3O3S. The van der Waals surface area contributed by atoms with Crippen molar-refractivity contribution in [2.24, 2.45) is 5.92 Å². The average Bonchev–Trinajstić information content (AvgIpc) is 2.97. The van der Waals surface area contributed by atoms with Crippen LogP contribution < -0.4 is 18.9 Å². The van der Waals surface area contributed by atoms with E-state index < -0.39 is 11.6 Å². The second kappa shape index (κ2) is 13.6. The van der Waals surface area contributed by atoms with Crippen molar-refractivity contribution in [2.45, 2.75) is 31.1 Å². The molecule has 1 unspecified atom stereocenters. The highest BCUT2D eigenvalue weighted by Crippen LogP contribution is 2.38. The molecule has 6 nitrogen and oxygen atoms in total. The van der Waals surface area contributed by atoms with Gasteiger partial charge in [-0.05, 0) is 86.1 Å². The van der Waals surface area contributed by atoms with Crippen molar-refractivity contribution in [3.63, 3.8) is 0 Å². The summed E-state index contributed by atoms with van der Waals surface area (Å²) >= 11 is 7.02. The lowest BCUT2D eigenvalue weighted by Crippen LogP contribution is -2.35. The molecule has 1 aromatic heterocycles. The maximum Gasteiger partial charge on any atom is 0.167 e. The van der Waals surface area contributed by atoms with Crippen LogP contribution in [0.5, 0.6) is 23.0 Å². The van der Waals surface area contributed by atoms with Gasteiger partial charge in [-0.25, -0.2) is 8.78 Å². The first-order valence-electron chi connectivity index (χ1n) is 13.6. The van der Waals surface area contributed by atoms with Crippen LogP contribution in [-0.4, -0.2) is 43.2 Å². The van der Waals surface area contributed by atoms with E-state index in [4.69, 9.17) is 25.8 Å². The normalized spacial score (nSPS) is 15.6. The molecule has 1 saturated heterocycles. The first kappa shape index (κ1) is 29.2. The Bertz CT molecular complexity index is 1510. The molecule has 3 aromatic carbocycles. The number of aromatic nitrogens is 1. The van der Waals surface area contributed by atoms with Gasteiger partial charge in [0, 0.05) is 47.4 Å². The Kier molecular flexibility index (Phi) is 9.69. The van der Waals surface area contributed by atoms with Crippen LogP contribution in [0.3, 0.4) is 0 Å². The van der Waals surface area contributed by atoms with E-state index in [-0.39, 0.29) is 10.8 Å². The van der Waals surface area contributed by atoms with Gasteiger partial charge < -0.3 is 23.8 Å². The standard InChI is InChI=1S/C31H32ClF2N3O3S/c1-20-5-3-12-37(19-20)13-4-14-39-31-18-27-23(17-30(31)38-2)28(10-11-35-27)40-29-9-6-21(15-26(29)34)36-41-22-7-8-25(33)24(32)16-22/h6-11,15-18,20,36H,3-5,12-14,19H2,1-2H3. The van der Waals surface area contributed by atoms with E-state index in [0.717, 1.165) is 32.0 Å². The van der Waals surface area contributed by atoms with Crippen LogP contribution in [0.2, 0.25) is 5.02 Å². The maximum atomic E-state index is 15.0. The molecule has 2 heterocycles. The van der Waals surface area contributed by atoms with Crippen LogP contribution in [0, 0.1) is 17.6 Å². The van der Waals surface area contributed by atoms with Crippen LogP contribution in [0.25, 0.3) is 10.9 Å². The van der Waals surface area contributed by atoms with Gasteiger partial charge in [-0.1, -0.05) is 18.5 Å². The predicted molar refractivity (Wildman–Crippen MR) is 161 cm³/mol. The number of fused-ring (bicyclic) bond motifs is 1. The second-order valence-corrected chi connectivity index (χ2v) is 11.4. The van der Waals surface area contributed by atoms with Crippen LogP contribution in [0.1, 0.15) is 26.2 Å². The first-order chi connectivity index (χ1) is 19.9. The smallest absolute Gasteiger partial charge is 0.167 e. The fourth-order valence-corrected chi connectivity index (χ4v) is 5.79. The van der Waals surface area contributed by atoms with Crippen molar-refractivity contribution < 1.29 is 23.0 Å². The summed E-state index contributed by atoms with van der Waals surface area (Å²) in [5.74, 6) is 1.37. The number of methoxy groups -OCH3 is 1. The number of hydrogen-bond donors (Lipinski definition) is 1. The minimum absolute atomic E-state index is 0.0224. The van der Waals surface area contributed by atoms with E-state index in [9.17, 15) is 4.39 Å². The third kappa shape index (κ3) is 7.52. The van der Waals surface area contributed by atoms with E-state index >= 15 is 4.39 Å². The molecule has 1 N–H and O–H groups in total. The molecule has 10 heteroatoms. The minimum atomic E-state index is -0.548. The molecule has 1 aliphatic rings. The van der Waals surface area contributed by atoms with Gasteiger partial charge in [0.25, 0.3) is 0 Å². The number of halogens is 3. The average molecular weight is 600 g/mol. The van der Waals surface area contributed by atoms with E-state index in [1.54, 1.807) is 43.6 Å². The number of rotatable bonds is 11. The molecule has 0 radical (unpaired) electrons. The molecule has 1 aliphatic heterocycles. The summed E-state index contributed by atoms with van der Waals surface area (Å²) in [6.45, 7) is 6.19. The third-order valence-electron chi connectivity index (χ3n) is 6.93. The molecule has 1 fully saturated rings. The quantitative estimate of drug-likeness (QED) is 0.137. The molecule has 0 amide bonds. The van der Waals surface area contributed by atoms with Gasteiger partial charge in [-0.15, -0.1) is 0 Å². The number of piperidine rings is 1. The van der Waals surface area contributed by atoms with E-state index in [0.29, 0.717) is 45.3 Å². The highest BCUT2D eigenvalue weighted by molar-refractivity contribution is 8.00. The van der Waals surface area contributed by atoms with Crippen molar-refractivity contribution in [1.29, 1.82) is 0 Å². The number of likely N-dealkylation sites (tertiary alicyclic amines) is 1. The van der Waals surface area contributed by atoms with Gasteiger partial charge in [0.15, 0.2) is 23.1 Å². The second-order valence-electron chi connectivity index (χ2n) is 10.1. The fourth-order valence-electron chi connectivity index (χ4n) is 4.87.